The molecule has 2 aromatic carbocycles. The lowest BCUT2D eigenvalue weighted by atomic mass is 10.2. The second-order valence-electron chi connectivity index (χ2n) is 5.69. The lowest BCUT2D eigenvalue weighted by Crippen LogP contribution is -2.29. The molecule has 0 aliphatic heterocycles. The third-order valence-corrected chi connectivity index (χ3v) is 5.13. The topological polar surface area (TPSA) is 121 Å². The van der Waals surface area contributed by atoms with Crippen LogP contribution in [0.4, 0.5) is 11.4 Å². The van der Waals surface area contributed by atoms with Crippen LogP contribution in [0.15, 0.2) is 48.5 Å². The Morgan fingerprint density at radius 3 is 1.92 bits per heavy atom. The monoisotopic (exact) mass is 398 g/mol. The van der Waals surface area contributed by atoms with E-state index < -0.39 is 26.0 Å². The lowest BCUT2D eigenvalue weighted by molar-refractivity contribution is 0.0697. The summed E-state index contributed by atoms with van der Waals surface area (Å²) in [5.41, 5.74) is 1.39. The van der Waals surface area contributed by atoms with Crippen LogP contribution in [0.2, 0.25) is 0 Å². The molecule has 0 spiro atoms. The average molecular weight is 398 g/mol. The molecule has 8 nitrogen and oxygen atoms in total. The van der Waals surface area contributed by atoms with Gasteiger partial charge >= 0.3 is 5.97 Å². The normalized spacial score (nSPS) is 11.8. The third-order valence-electron chi connectivity index (χ3n) is 3.39. The number of rotatable bonds is 7. The summed E-state index contributed by atoms with van der Waals surface area (Å²) in [6, 6.07) is 11.8. The third kappa shape index (κ3) is 5.46. The predicted molar refractivity (Wildman–Crippen MR) is 99.3 cm³/mol. The highest BCUT2D eigenvalue weighted by atomic mass is 32.2. The number of hydrogen-bond donors (Lipinski definition) is 2. The Bertz CT molecular complexity index is 998. The van der Waals surface area contributed by atoms with Crippen molar-refractivity contribution < 1.29 is 26.7 Å². The van der Waals surface area contributed by atoms with Gasteiger partial charge in [-0.2, -0.15) is 0 Å². The summed E-state index contributed by atoms with van der Waals surface area (Å²) in [4.78, 5) is 10.9. The second-order valence-corrected chi connectivity index (χ2v) is 9.35. The zero-order chi connectivity index (χ0) is 19.5. The van der Waals surface area contributed by atoms with Crippen LogP contribution in [0.25, 0.3) is 0 Å². The van der Waals surface area contributed by atoms with E-state index in [0.717, 1.165) is 16.8 Å². The molecular formula is C16H18N2O6S2. The molecule has 0 bridgehead atoms. The van der Waals surface area contributed by atoms with Crippen molar-refractivity contribution in [1.82, 2.24) is 0 Å². The fourth-order valence-corrected chi connectivity index (χ4v) is 3.68. The van der Waals surface area contributed by atoms with Crippen molar-refractivity contribution in [3.63, 3.8) is 0 Å². The predicted octanol–water partition coefficient (Wildman–Crippen LogP) is 1.72. The summed E-state index contributed by atoms with van der Waals surface area (Å²) in [6.45, 7) is 0.0183. The molecule has 0 saturated carbocycles. The van der Waals surface area contributed by atoms with E-state index in [2.05, 4.69) is 4.72 Å². The first kappa shape index (κ1) is 19.7. The van der Waals surface area contributed by atoms with E-state index in [4.69, 9.17) is 5.11 Å². The number of carbonyl (C=O) groups is 1. The van der Waals surface area contributed by atoms with Crippen LogP contribution >= 0.6 is 0 Å². The minimum Gasteiger partial charge on any atom is -0.478 e. The average Bonchev–Trinajstić information content (AvgIpc) is 2.51. The van der Waals surface area contributed by atoms with Gasteiger partial charge in [0.15, 0.2) is 0 Å². The molecule has 0 aliphatic rings. The number of carboxylic acid groups (broad SMARTS) is 1. The Kier molecular flexibility index (Phi) is 5.57. The minimum absolute atomic E-state index is 0.0183. The van der Waals surface area contributed by atoms with Gasteiger partial charge in [-0.25, -0.2) is 21.6 Å². The molecule has 0 unspecified atom stereocenters. The summed E-state index contributed by atoms with van der Waals surface area (Å²) < 4.78 is 50.1. The Labute approximate surface area is 152 Å². The summed E-state index contributed by atoms with van der Waals surface area (Å²) in [7, 11) is -7.01. The van der Waals surface area contributed by atoms with Crippen LogP contribution < -0.4 is 9.03 Å². The zero-order valence-corrected chi connectivity index (χ0v) is 15.7. The highest BCUT2D eigenvalue weighted by Gasteiger charge is 2.18. The Morgan fingerprint density at radius 1 is 0.962 bits per heavy atom. The van der Waals surface area contributed by atoms with Crippen LogP contribution in [-0.4, -0.2) is 40.4 Å². The molecule has 26 heavy (non-hydrogen) atoms. The van der Waals surface area contributed by atoms with Gasteiger partial charge in [-0.05, 0) is 42.0 Å². The largest absolute Gasteiger partial charge is 0.478 e. The number of hydrogen-bond acceptors (Lipinski definition) is 5. The van der Waals surface area contributed by atoms with Crippen LogP contribution in [0.5, 0.6) is 0 Å². The van der Waals surface area contributed by atoms with Crippen molar-refractivity contribution in [1.29, 1.82) is 0 Å². The van der Waals surface area contributed by atoms with Crippen LogP contribution in [-0.2, 0) is 26.6 Å². The second kappa shape index (κ2) is 7.34. The quantitative estimate of drug-likeness (QED) is 0.733. The molecule has 0 saturated heterocycles. The van der Waals surface area contributed by atoms with Crippen molar-refractivity contribution in [2.45, 2.75) is 6.54 Å². The highest BCUT2D eigenvalue weighted by molar-refractivity contribution is 7.92. The molecule has 0 atom stereocenters. The molecule has 0 heterocycles. The molecular weight excluding hydrogens is 380 g/mol. The van der Waals surface area contributed by atoms with Crippen molar-refractivity contribution in [2.24, 2.45) is 0 Å². The number of anilines is 2. The number of nitrogens with one attached hydrogen (secondary N) is 1. The number of carboxylic acids is 1. The van der Waals surface area contributed by atoms with E-state index in [1.165, 1.54) is 36.4 Å². The number of nitrogens with zero attached hydrogens (tertiary/aromatic N) is 1. The fourth-order valence-electron chi connectivity index (χ4n) is 2.23. The van der Waals surface area contributed by atoms with Crippen molar-refractivity contribution in [3.05, 3.63) is 59.7 Å². The van der Waals surface area contributed by atoms with Crippen LogP contribution in [0.3, 0.4) is 0 Å². The highest BCUT2D eigenvalue weighted by Crippen LogP contribution is 2.22. The van der Waals surface area contributed by atoms with Crippen molar-refractivity contribution in [3.8, 4) is 0 Å². The first-order chi connectivity index (χ1) is 12.0. The van der Waals surface area contributed by atoms with Gasteiger partial charge in [0, 0.05) is 5.69 Å². The van der Waals surface area contributed by atoms with E-state index in [9.17, 15) is 21.6 Å². The summed E-state index contributed by atoms with van der Waals surface area (Å²) in [6.07, 6.45) is 2.09. The van der Waals surface area contributed by atoms with Gasteiger partial charge < -0.3 is 5.11 Å². The molecule has 2 N–H and O–H groups in total. The molecule has 0 aliphatic carbocycles. The summed E-state index contributed by atoms with van der Waals surface area (Å²) in [5.74, 6) is -1.10. The van der Waals surface area contributed by atoms with Gasteiger partial charge in [0.1, 0.15) is 0 Å². The maximum absolute atomic E-state index is 12.1. The first-order valence-electron chi connectivity index (χ1n) is 7.33. The molecule has 140 valence electrons. The number of aromatic carboxylic acids is 1. The first-order valence-corrected chi connectivity index (χ1v) is 11.1. The van der Waals surface area contributed by atoms with Crippen LogP contribution in [0.1, 0.15) is 15.9 Å². The Hall–Kier alpha value is -2.59. The van der Waals surface area contributed by atoms with E-state index >= 15 is 0 Å². The molecule has 2 rings (SSSR count). The maximum atomic E-state index is 12.1. The SMILES string of the molecule is CS(=O)(=O)Nc1ccc(CN(c2ccc(C(=O)O)cc2)S(C)(=O)=O)cc1. The van der Waals surface area contributed by atoms with E-state index in [-0.39, 0.29) is 12.1 Å². The van der Waals surface area contributed by atoms with Gasteiger partial charge in [-0.15, -0.1) is 0 Å². The molecule has 0 fully saturated rings. The summed E-state index contributed by atoms with van der Waals surface area (Å²) >= 11 is 0. The van der Waals surface area contributed by atoms with Gasteiger partial charge in [0.25, 0.3) is 0 Å². The lowest BCUT2D eigenvalue weighted by Gasteiger charge is -2.22. The van der Waals surface area contributed by atoms with E-state index in [1.54, 1.807) is 12.1 Å². The van der Waals surface area contributed by atoms with Gasteiger partial charge in [-0.3, -0.25) is 9.03 Å². The van der Waals surface area contributed by atoms with E-state index in [0.29, 0.717) is 16.9 Å². The maximum Gasteiger partial charge on any atom is 0.335 e. The smallest absolute Gasteiger partial charge is 0.335 e. The fraction of sp³-hybridized carbons (Fsp3) is 0.188. The van der Waals surface area contributed by atoms with E-state index in [1.807, 2.05) is 0 Å². The zero-order valence-electron chi connectivity index (χ0n) is 14.1. The van der Waals surface area contributed by atoms with Crippen molar-refractivity contribution >= 4 is 37.4 Å². The van der Waals surface area contributed by atoms with Gasteiger partial charge in [-0.1, -0.05) is 12.1 Å². The molecule has 2 aromatic rings. The Morgan fingerprint density at radius 2 is 1.50 bits per heavy atom. The van der Waals surface area contributed by atoms with Crippen molar-refractivity contribution in [2.75, 3.05) is 21.5 Å². The van der Waals surface area contributed by atoms with Gasteiger partial charge in [0.05, 0.1) is 30.3 Å². The molecule has 0 aromatic heterocycles. The molecule has 0 radical (unpaired) electrons. The minimum atomic E-state index is -3.61. The standard InChI is InChI=1S/C16H18N2O6S2/c1-25(21,22)17-14-7-3-12(4-8-14)11-18(26(2,23)24)15-9-5-13(6-10-15)16(19)20/h3-10,17H,11H2,1-2H3,(H,19,20). The molecule has 0 amide bonds. The van der Waals surface area contributed by atoms with Crippen LogP contribution in [0, 0.1) is 0 Å². The number of sulfonamides is 2. The molecule has 10 heteroatoms. The summed E-state index contributed by atoms with van der Waals surface area (Å²) in [5, 5.41) is 8.94. The Balaban J connectivity index is 2.27. The van der Waals surface area contributed by atoms with Gasteiger partial charge in [0.2, 0.25) is 20.0 Å². The number of benzene rings is 2.